The molecule has 0 atom stereocenters. The second-order valence-electron chi connectivity index (χ2n) is 5.00. The van der Waals surface area contributed by atoms with Gasteiger partial charge in [0.05, 0.1) is 22.5 Å². The smallest absolute Gasteiger partial charge is 0.258 e. The maximum Gasteiger partial charge on any atom is 0.258 e. The van der Waals surface area contributed by atoms with Crippen molar-refractivity contribution < 1.29 is 9.18 Å². The zero-order chi connectivity index (χ0) is 16.9. The summed E-state index contributed by atoms with van der Waals surface area (Å²) in [7, 11) is 0. The minimum Gasteiger partial charge on any atom is -0.354 e. The number of rotatable bonds is 4. The van der Waals surface area contributed by atoms with Crippen molar-refractivity contribution in [1.82, 2.24) is 4.98 Å². The van der Waals surface area contributed by atoms with Crippen molar-refractivity contribution in [1.29, 1.82) is 0 Å². The van der Waals surface area contributed by atoms with Gasteiger partial charge >= 0.3 is 0 Å². The van der Waals surface area contributed by atoms with Crippen LogP contribution in [-0.2, 0) is 0 Å². The average Bonchev–Trinajstić information content (AvgIpc) is 2.57. The SMILES string of the molecule is O=C(Nc1ccc(Nc2cccc(F)c2)cn1)c1ccccc1Cl. The van der Waals surface area contributed by atoms with Crippen molar-refractivity contribution >= 4 is 34.7 Å². The van der Waals surface area contributed by atoms with Crippen LogP contribution in [0.25, 0.3) is 0 Å². The second kappa shape index (κ2) is 7.10. The van der Waals surface area contributed by atoms with Gasteiger partial charge in [0.15, 0.2) is 0 Å². The zero-order valence-corrected chi connectivity index (χ0v) is 13.2. The van der Waals surface area contributed by atoms with E-state index in [9.17, 15) is 9.18 Å². The van der Waals surface area contributed by atoms with Crippen LogP contribution in [0, 0.1) is 5.82 Å². The summed E-state index contributed by atoms with van der Waals surface area (Å²) in [5.74, 6) is -0.264. The predicted octanol–water partition coefficient (Wildman–Crippen LogP) is 4.87. The molecule has 0 aliphatic carbocycles. The zero-order valence-electron chi connectivity index (χ0n) is 12.5. The lowest BCUT2D eigenvalue weighted by molar-refractivity contribution is 0.102. The van der Waals surface area contributed by atoms with E-state index in [0.717, 1.165) is 0 Å². The minimum absolute atomic E-state index is 0.323. The Morgan fingerprint density at radius 1 is 1.00 bits per heavy atom. The Hall–Kier alpha value is -2.92. The Labute approximate surface area is 143 Å². The molecule has 1 aromatic heterocycles. The molecule has 0 aliphatic rings. The van der Waals surface area contributed by atoms with Gasteiger partial charge in [-0.3, -0.25) is 4.79 Å². The van der Waals surface area contributed by atoms with Crippen LogP contribution in [0.3, 0.4) is 0 Å². The molecule has 1 heterocycles. The standard InChI is InChI=1S/C18H13ClFN3O/c19-16-7-2-1-6-15(16)18(24)23-17-9-8-14(11-21-17)22-13-5-3-4-12(20)10-13/h1-11,22H,(H,21,23,24). The fourth-order valence-corrected chi connectivity index (χ4v) is 2.33. The van der Waals surface area contributed by atoms with E-state index in [-0.39, 0.29) is 11.7 Å². The van der Waals surface area contributed by atoms with Gasteiger partial charge < -0.3 is 10.6 Å². The average molecular weight is 342 g/mol. The number of hydrogen-bond acceptors (Lipinski definition) is 3. The molecule has 0 saturated heterocycles. The molecule has 24 heavy (non-hydrogen) atoms. The summed E-state index contributed by atoms with van der Waals surface area (Å²) >= 11 is 5.99. The monoisotopic (exact) mass is 341 g/mol. The third kappa shape index (κ3) is 3.88. The van der Waals surface area contributed by atoms with E-state index in [1.54, 1.807) is 54.7 Å². The number of nitrogens with one attached hydrogen (secondary N) is 2. The Balaban J connectivity index is 1.68. The van der Waals surface area contributed by atoms with E-state index in [2.05, 4.69) is 15.6 Å². The number of carbonyl (C=O) groups excluding carboxylic acids is 1. The van der Waals surface area contributed by atoms with Gasteiger partial charge in [0.25, 0.3) is 5.91 Å². The van der Waals surface area contributed by atoms with Crippen molar-refractivity contribution in [2.75, 3.05) is 10.6 Å². The predicted molar refractivity (Wildman–Crippen MR) is 93.3 cm³/mol. The van der Waals surface area contributed by atoms with Crippen molar-refractivity contribution in [3.8, 4) is 0 Å². The number of aromatic nitrogens is 1. The van der Waals surface area contributed by atoms with E-state index < -0.39 is 0 Å². The minimum atomic E-state index is -0.334. The lowest BCUT2D eigenvalue weighted by atomic mass is 10.2. The van der Waals surface area contributed by atoms with Crippen LogP contribution in [0.2, 0.25) is 5.02 Å². The highest BCUT2D eigenvalue weighted by atomic mass is 35.5. The molecule has 1 amide bonds. The Morgan fingerprint density at radius 3 is 2.54 bits per heavy atom. The molecule has 120 valence electrons. The van der Waals surface area contributed by atoms with Crippen LogP contribution >= 0.6 is 11.6 Å². The van der Waals surface area contributed by atoms with Gasteiger partial charge in [-0.2, -0.15) is 0 Å². The molecule has 6 heteroatoms. The number of amides is 1. The topological polar surface area (TPSA) is 54.0 Å². The van der Waals surface area contributed by atoms with E-state index in [1.165, 1.54) is 12.1 Å². The molecule has 2 N–H and O–H groups in total. The van der Waals surface area contributed by atoms with Gasteiger partial charge in [-0.25, -0.2) is 9.37 Å². The number of carbonyl (C=O) groups is 1. The Morgan fingerprint density at radius 2 is 1.83 bits per heavy atom. The van der Waals surface area contributed by atoms with Gasteiger partial charge in [0.1, 0.15) is 11.6 Å². The van der Waals surface area contributed by atoms with Crippen molar-refractivity contribution in [2.24, 2.45) is 0 Å². The number of anilines is 3. The van der Waals surface area contributed by atoms with Gasteiger partial charge in [0.2, 0.25) is 0 Å². The molecule has 0 unspecified atom stereocenters. The van der Waals surface area contributed by atoms with Crippen molar-refractivity contribution in [3.05, 3.63) is 83.3 Å². The van der Waals surface area contributed by atoms with E-state index in [1.807, 2.05) is 0 Å². The maximum atomic E-state index is 13.2. The molecule has 4 nitrogen and oxygen atoms in total. The number of nitrogens with zero attached hydrogens (tertiary/aromatic N) is 1. The quantitative estimate of drug-likeness (QED) is 0.711. The second-order valence-corrected chi connectivity index (χ2v) is 5.41. The highest BCUT2D eigenvalue weighted by Crippen LogP contribution is 2.19. The first kappa shape index (κ1) is 16.0. The summed E-state index contributed by atoms with van der Waals surface area (Å²) < 4.78 is 13.2. The summed E-state index contributed by atoms with van der Waals surface area (Å²) in [6.45, 7) is 0. The van der Waals surface area contributed by atoms with Gasteiger partial charge in [-0.05, 0) is 42.5 Å². The molecular weight excluding hydrogens is 329 g/mol. The van der Waals surface area contributed by atoms with Crippen LogP contribution in [0.5, 0.6) is 0 Å². The van der Waals surface area contributed by atoms with Crippen molar-refractivity contribution in [3.63, 3.8) is 0 Å². The van der Waals surface area contributed by atoms with Crippen LogP contribution in [-0.4, -0.2) is 10.9 Å². The van der Waals surface area contributed by atoms with Crippen LogP contribution in [0.1, 0.15) is 10.4 Å². The fraction of sp³-hybridized carbons (Fsp3) is 0. The lowest BCUT2D eigenvalue weighted by Crippen LogP contribution is -2.13. The number of hydrogen-bond donors (Lipinski definition) is 2. The van der Waals surface area contributed by atoms with Gasteiger partial charge in [-0.15, -0.1) is 0 Å². The Bertz CT molecular complexity index is 868. The van der Waals surface area contributed by atoms with E-state index >= 15 is 0 Å². The third-order valence-corrected chi connectivity index (χ3v) is 3.57. The summed E-state index contributed by atoms with van der Waals surface area (Å²) in [5, 5.41) is 6.08. The maximum absolute atomic E-state index is 13.2. The number of benzene rings is 2. The molecule has 0 saturated carbocycles. The normalized spacial score (nSPS) is 10.2. The molecule has 0 bridgehead atoms. The molecule has 0 aliphatic heterocycles. The fourth-order valence-electron chi connectivity index (χ4n) is 2.10. The third-order valence-electron chi connectivity index (χ3n) is 3.24. The van der Waals surface area contributed by atoms with Crippen LogP contribution in [0.4, 0.5) is 21.6 Å². The molecule has 3 aromatic rings. The highest BCUT2D eigenvalue weighted by Gasteiger charge is 2.10. The number of pyridine rings is 1. The first-order valence-electron chi connectivity index (χ1n) is 7.16. The van der Waals surface area contributed by atoms with Crippen molar-refractivity contribution in [2.45, 2.75) is 0 Å². The first-order valence-corrected chi connectivity index (χ1v) is 7.54. The lowest BCUT2D eigenvalue weighted by Gasteiger charge is -2.08. The number of halogens is 2. The van der Waals surface area contributed by atoms with E-state index in [4.69, 9.17) is 11.6 Å². The van der Waals surface area contributed by atoms with E-state index in [0.29, 0.717) is 27.8 Å². The van der Waals surface area contributed by atoms with Crippen LogP contribution in [0.15, 0.2) is 66.9 Å². The van der Waals surface area contributed by atoms with Gasteiger partial charge in [-0.1, -0.05) is 29.8 Å². The van der Waals surface area contributed by atoms with Gasteiger partial charge in [0, 0.05) is 5.69 Å². The summed E-state index contributed by atoms with van der Waals surface area (Å²) in [6.07, 6.45) is 1.55. The summed E-state index contributed by atoms with van der Waals surface area (Å²) in [5.41, 5.74) is 1.67. The summed E-state index contributed by atoms with van der Waals surface area (Å²) in [6, 6.07) is 16.3. The molecule has 0 fully saturated rings. The summed E-state index contributed by atoms with van der Waals surface area (Å²) in [4.78, 5) is 16.3. The molecule has 0 radical (unpaired) electrons. The highest BCUT2D eigenvalue weighted by molar-refractivity contribution is 6.34. The molecular formula is C18H13ClFN3O. The van der Waals surface area contributed by atoms with Crippen LogP contribution < -0.4 is 10.6 Å². The molecule has 3 rings (SSSR count). The largest absolute Gasteiger partial charge is 0.354 e. The molecule has 0 spiro atoms. The Kier molecular flexibility index (Phi) is 4.72. The first-order chi connectivity index (χ1) is 11.6. The molecule has 2 aromatic carbocycles.